The van der Waals surface area contributed by atoms with Gasteiger partial charge in [0.2, 0.25) is 0 Å². The lowest BCUT2D eigenvalue weighted by Crippen LogP contribution is -2.12. The monoisotopic (exact) mass is 222 g/mol. The molecule has 1 N–H and O–H groups in total. The van der Waals surface area contributed by atoms with Crippen molar-refractivity contribution in [1.29, 1.82) is 0 Å². The van der Waals surface area contributed by atoms with Crippen LogP contribution in [-0.4, -0.2) is 25.4 Å². The molecule has 1 saturated heterocycles. The van der Waals surface area contributed by atoms with Crippen LogP contribution < -0.4 is 0 Å². The number of benzene rings is 1. The molecule has 1 aromatic carbocycles. The van der Waals surface area contributed by atoms with Crippen molar-refractivity contribution in [2.75, 3.05) is 20.3 Å². The fourth-order valence-electron chi connectivity index (χ4n) is 2.05. The Morgan fingerprint density at radius 2 is 2.19 bits per heavy atom. The molecule has 0 amide bonds. The number of aliphatic hydroxyl groups excluding tert-OH is 1. The van der Waals surface area contributed by atoms with E-state index in [1.165, 1.54) is 0 Å². The minimum absolute atomic E-state index is 0.244. The molecule has 2 atom stereocenters. The Balaban J connectivity index is 2.02. The van der Waals surface area contributed by atoms with Crippen molar-refractivity contribution < 1.29 is 14.6 Å². The first-order valence-corrected chi connectivity index (χ1v) is 5.65. The van der Waals surface area contributed by atoms with Crippen molar-refractivity contribution in [2.45, 2.75) is 19.1 Å². The highest BCUT2D eigenvalue weighted by Gasteiger charge is 2.24. The zero-order valence-corrected chi connectivity index (χ0v) is 9.56. The highest BCUT2D eigenvalue weighted by atomic mass is 16.5. The van der Waals surface area contributed by atoms with Crippen LogP contribution in [-0.2, 0) is 16.1 Å². The Hall–Kier alpha value is -0.900. The Kier molecular flexibility index (Phi) is 3.93. The van der Waals surface area contributed by atoms with Gasteiger partial charge in [-0.3, -0.25) is 0 Å². The number of rotatable bonds is 4. The van der Waals surface area contributed by atoms with Crippen LogP contribution in [0.1, 0.15) is 23.7 Å². The lowest BCUT2D eigenvalue weighted by Gasteiger charge is -2.17. The van der Waals surface area contributed by atoms with E-state index in [0.717, 1.165) is 24.2 Å². The predicted molar refractivity (Wildman–Crippen MR) is 61.0 cm³/mol. The van der Waals surface area contributed by atoms with E-state index < -0.39 is 6.10 Å². The van der Waals surface area contributed by atoms with E-state index in [0.29, 0.717) is 13.2 Å². The maximum absolute atomic E-state index is 10.1. The van der Waals surface area contributed by atoms with Crippen molar-refractivity contribution in [3.05, 3.63) is 35.4 Å². The summed E-state index contributed by atoms with van der Waals surface area (Å²) < 4.78 is 10.3. The summed E-state index contributed by atoms with van der Waals surface area (Å²) in [5.41, 5.74) is 2.09. The SMILES string of the molecule is COCc1ccc(C(O)C2CCOC2)cc1. The van der Waals surface area contributed by atoms with E-state index in [1.807, 2.05) is 24.3 Å². The topological polar surface area (TPSA) is 38.7 Å². The van der Waals surface area contributed by atoms with E-state index in [2.05, 4.69) is 0 Å². The summed E-state index contributed by atoms with van der Waals surface area (Å²) in [6, 6.07) is 7.93. The molecular formula is C13H18O3. The van der Waals surface area contributed by atoms with Gasteiger partial charge < -0.3 is 14.6 Å². The van der Waals surface area contributed by atoms with Crippen LogP contribution in [0.5, 0.6) is 0 Å². The summed E-state index contributed by atoms with van der Waals surface area (Å²) in [6.45, 7) is 2.05. The van der Waals surface area contributed by atoms with Gasteiger partial charge in [0.15, 0.2) is 0 Å². The van der Waals surface area contributed by atoms with Crippen molar-refractivity contribution in [3.8, 4) is 0 Å². The van der Waals surface area contributed by atoms with Crippen LogP contribution >= 0.6 is 0 Å². The molecule has 3 nitrogen and oxygen atoms in total. The molecule has 1 aliphatic heterocycles. The zero-order chi connectivity index (χ0) is 11.4. The highest BCUT2D eigenvalue weighted by Crippen LogP contribution is 2.28. The maximum atomic E-state index is 10.1. The molecule has 88 valence electrons. The fourth-order valence-corrected chi connectivity index (χ4v) is 2.05. The summed E-state index contributed by atoms with van der Waals surface area (Å²) in [5, 5.41) is 10.1. The molecule has 0 spiro atoms. The second-order valence-corrected chi connectivity index (χ2v) is 4.24. The molecule has 2 unspecified atom stereocenters. The Bertz CT molecular complexity index is 314. The Labute approximate surface area is 96.0 Å². The van der Waals surface area contributed by atoms with Crippen molar-refractivity contribution in [3.63, 3.8) is 0 Å². The number of hydrogen-bond donors (Lipinski definition) is 1. The third kappa shape index (κ3) is 2.61. The van der Waals surface area contributed by atoms with Gasteiger partial charge in [-0.1, -0.05) is 24.3 Å². The molecule has 1 aliphatic rings. The molecule has 0 radical (unpaired) electrons. The Morgan fingerprint density at radius 3 is 2.75 bits per heavy atom. The summed E-state index contributed by atoms with van der Waals surface area (Å²) in [6.07, 6.45) is 0.542. The van der Waals surface area contributed by atoms with Gasteiger partial charge in [-0.2, -0.15) is 0 Å². The highest BCUT2D eigenvalue weighted by molar-refractivity contribution is 5.24. The minimum atomic E-state index is -0.404. The van der Waals surface area contributed by atoms with E-state index >= 15 is 0 Å². The van der Waals surface area contributed by atoms with Gasteiger partial charge in [0.25, 0.3) is 0 Å². The molecule has 1 heterocycles. The van der Waals surface area contributed by atoms with Crippen LogP contribution in [0.3, 0.4) is 0 Å². The molecule has 0 bridgehead atoms. The Morgan fingerprint density at radius 1 is 1.44 bits per heavy atom. The van der Waals surface area contributed by atoms with Crippen molar-refractivity contribution >= 4 is 0 Å². The van der Waals surface area contributed by atoms with E-state index in [9.17, 15) is 5.11 Å². The summed E-state index contributed by atoms with van der Waals surface area (Å²) >= 11 is 0. The molecule has 0 saturated carbocycles. The standard InChI is InChI=1S/C13H18O3/c1-15-8-10-2-4-11(5-3-10)13(14)12-6-7-16-9-12/h2-5,12-14H,6-9H2,1H3. The molecule has 2 rings (SSSR count). The fraction of sp³-hybridized carbons (Fsp3) is 0.538. The van der Waals surface area contributed by atoms with Gasteiger partial charge in [0, 0.05) is 19.6 Å². The van der Waals surface area contributed by atoms with E-state index in [4.69, 9.17) is 9.47 Å². The smallest absolute Gasteiger partial charge is 0.0841 e. The molecule has 0 aromatic heterocycles. The zero-order valence-electron chi connectivity index (χ0n) is 9.56. The minimum Gasteiger partial charge on any atom is -0.388 e. The lowest BCUT2D eigenvalue weighted by atomic mass is 9.95. The molecule has 3 heteroatoms. The number of hydrogen-bond acceptors (Lipinski definition) is 3. The first-order chi connectivity index (χ1) is 7.81. The van der Waals surface area contributed by atoms with Gasteiger partial charge in [-0.15, -0.1) is 0 Å². The summed E-state index contributed by atoms with van der Waals surface area (Å²) in [5.74, 6) is 0.244. The van der Waals surface area contributed by atoms with Crippen LogP contribution in [0, 0.1) is 5.92 Å². The molecular weight excluding hydrogens is 204 g/mol. The quantitative estimate of drug-likeness (QED) is 0.845. The molecule has 1 aromatic rings. The first-order valence-electron chi connectivity index (χ1n) is 5.65. The summed E-state index contributed by atoms with van der Waals surface area (Å²) in [7, 11) is 1.68. The normalized spacial score (nSPS) is 22.2. The van der Waals surface area contributed by atoms with Gasteiger partial charge in [-0.05, 0) is 17.5 Å². The molecule has 16 heavy (non-hydrogen) atoms. The lowest BCUT2D eigenvalue weighted by molar-refractivity contribution is 0.0917. The van der Waals surface area contributed by atoms with Crippen LogP contribution in [0.15, 0.2) is 24.3 Å². The van der Waals surface area contributed by atoms with Gasteiger partial charge in [0.05, 0.1) is 19.3 Å². The summed E-state index contributed by atoms with van der Waals surface area (Å²) in [4.78, 5) is 0. The maximum Gasteiger partial charge on any atom is 0.0841 e. The van der Waals surface area contributed by atoms with Gasteiger partial charge in [0.1, 0.15) is 0 Å². The largest absolute Gasteiger partial charge is 0.388 e. The molecule has 0 aliphatic carbocycles. The third-order valence-corrected chi connectivity index (χ3v) is 3.04. The van der Waals surface area contributed by atoms with Crippen LogP contribution in [0.25, 0.3) is 0 Å². The van der Waals surface area contributed by atoms with Crippen molar-refractivity contribution in [1.82, 2.24) is 0 Å². The predicted octanol–water partition coefficient (Wildman–Crippen LogP) is 1.90. The third-order valence-electron chi connectivity index (χ3n) is 3.04. The van der Waals surface area contributed by atoms with E-state index in [-0.39, 0.29) is 5.92 Å². The first kappa shape index (κ1) is 11.6. The average molecular weight is 222 g/mol. The van der Waals surface area contributed by atoms with Crippen LogP contribution in [0.2, 0.25) is 0 Å². The number of aliphatic hydroxyl groups is 1. The van der Waals surface area contributed by atoms with Gasteiger partial charge >= 0.3 is 0 Å². The van der Waals surface area contributed by atoms with Crippen molar-refractivity contribution in [2.24, 2.45) is 5.92 Å². The van der Waals surface area contributed by atoms with Gasteiger partial charge in [-0.25, -0.2) is 0 Å². The number of methoxy groups -OCH3 is 1. The average Bonchev–Trinajstić information content (AvgIpc) is 2.83. The molecule has 1 fully saturated rings. The van der Waals surface area contributed by atoms with E-state index in [1.54, 1.807) is 7.11 Å². The second-order valence-electron chi connectivity index (χ2n) is 4.24. The number of ether oxygens (including phenoxy) is 2. The second kappa shape index (κ2) is 5.43. The van der Waals surface area contributed by atoms with Crippen LogP contribution in [0.4, 0.5) is 0 Å².